The van der Waals surface area contributed by atoms with Crippen LogP contribution in [-0.2, 0) is 22.4 Å². The van der Waals surface area contributed by atoms with Gasteiger partial charge in [0.15, 0.2) is 6.29 Å². The molecule has 4 rings (SSSR count). The lowest BCUT2D eigenvalue weighted by Crippen LogP contribution is -2.45. The molecule has 3 heterocycles. The SMILES string of the molecule is O=[N+]([O-])c1cn2c(n1)O[C@H](Cc1ccccc1)[C@H](OC1CCCCO1)C2. The van der Waals surface area contributed by atoms with Gasteiger partial charge in [-0.15, -0.1) is 0 Å². The first-order chi connectivity index (χ1) is 12.7. The third-order valence-corrected chi connectivity index (χ3v) is 4.71. The van der Waals surface area contributed by atoms with Crippen molar-refractivity contribution in [1.29, 1.82) is 0 Å². The molecule has 138 valence electrons. The number of hydrogen-bond donors (Lipinski definition) is 0. The molecular weight excluding hydrogens is 338 g/mol. The van der Waals surface area contributed by atoms with E-state index >= 15 is 0 Å². The van der Waals surface area contributed by atoms with Gasteiger partial charge in [-0.3, -0.25) is 4.57 Å². The molecule has 0 N–H and O–H groups in total. The average Bonchev–Trinajstić information content (AvgIpc) is 3.07. The van der Waals surface area contributed by atoms with Crippen molar-refractivity contribution in [1.82, 2.24) is 9.55 Å². The summed E-state index contributed by atoms with van der Waals surface area (Å²) >= 11 is 0. The van der Waals surface area contributed by atoms with Crippen molar-refractivity contribution in [3.8, 4) is 6.01 Å². The van der Waals surface area contributed by atoms with E-state index in [0.29, 0.717) is 19.6 Å². The van der Waals surface area contributed by atoms with Gasteiger partial charge >= 0.3 is 11.8 Å². The van der Waals surface area contributed by atoms with Crippen molar-refractivity contribution in [2.75, 3.05) is 6.61 Å². The first kappa shape index (κ1) is 17.0. The van der Waals surface area contributed by atoms with Crippen LogP contribution in [0.2, 0.25) is 0 Å². The second-order valence-electron chi connectivity index (χ2n) is 6.61. The highest BCUT2D eigenvalue weighted by molar-refractivity contribution is 5.23. The lowest BCUT2D eigenvalue weighted by Gasteiger charge is -2.34. The van der Waals surface area contributed by atoms with E-state index in [0.717, 1.165) is 24.8 Å². The smallest absolute Gasteiger partial charge is 0.414 e. The Hall–Kier alpha value is -2.45. The molecule has 2 aromatic rings. The molecule has 2 aliphatic heterocycles. The maximum absolute atomic E-state index is 11.0. The van der Waals surface area contributed by atoms with Crippen LogP contribution >= 0.6 is 0 Å². The van der Waals surface area contributed by atoms with E-state index < -0.39 is 4.92 Å². The molecule has 8 heteroatoms. The summed E-state index contributed by atoms with van der Waals surface area (Å²) in [6.45, 7) is 1.15. The van der Waals surface area contributed by atoms with Crippen LogP contribution < -0.4 is 4.74 Å². The van der Waals surface area contributed by atoms with E-state index in [1.165, 1.54) is 6.20 Å². The number of nitrogens with zero attached hydrogens (tertiary/aromatic N) is 3. The molecule has 1 fully saturated rings. The molecule has 1 saturated heterocycles. The van der Waals surface area contributed by atoms with Crippen LogP contribution in [0.25, 0.3) is 0 Å². The van der Waals surface area contributed by atoms with Crippen molar-refractivity contribution in [3.05, 3.63) is 52.2 Å². The highest BCUT2D eigenvalue weighted by Crippen LogP contribution is 2.29. The maximum Gasteiger partial charge on any atom is 0.414 e. The van der Waals surface area contributed by atoms with Crippen molar-refractivity contribution in [3.63, 3.8) is 0 Å². The molecule has 2 aliphatic rings. The Morgan fingerprint density at radius 3 is 2.88 bits per heavy atom. The minimum atomic E-state index is -0.513. The zero-order valence-electron chi connectivity index (χ0n) is 14.3. The van der Waals surface area contributed by atoms with Gasteiger partial charge in [0, 0.05) is 18.0 Å². The molecule has 26 heavy (non-hydrogen) atoms. The van der Waals surface area contributed by atoms with E-state index in [2.05, 4.69) is 4.98 Å². The van der Waals surface area contributed by atoms with Gasteiger partial charge in [0.25, 0.3) is 0 Å². The summed E-state index contributed by atoms with van der Waals surface area (Å²) in [5.74, 6) is -0.215. The Kier molecular flexibility index (Phi) is 4.85. The summed E-state index contributed by atoms with van der Waals surface area (Å²) < 4.78 is 19.5. The Bertz CT molecular complexity index is 757. The van der Waals surface area contributed by atoms with Gasteiger partial charge in [0.05, 0.1) is 6.54 Å². The maximum atomic E-state index is 11.0. The van der Waals surface area contributed by atoms with Gasteiger partial charge in [0.2, 0.25) is 0 Å². The largest absolute Gasteiger partial charge is 0.439 e. The van der Waals surface area contributed by atoms with Crippen LogP contribution in [0.1, 0.15) is 24.8 Å². The first-order valence-corrected chi connectivity index (χ1v) is 8.88. The van der Waals surface area contributed by atoms with Crippen molar-refractivity contribution in [2.45, 2.75) is 50.7 Å². The molecule has 1 aromatic heterocycles. The molecule has 0 spiro atoms. The number of benzene rings is 1. The van der Waals surface area contributed by atoms with Gasteiger partial charge in [-0.2, -0.15) is 0 Å². The van der Waals surface area contributed by atoms with Crippen LogP contribution in [0.15, 0.2) is 36.5 Å². The summed E-state index contributed by atoms with van der Waals surface area (Å²) in [7, 11) is 0. The number of hydrogen-bond acceptors (Lipinski definition) is 6. The number of aromatic nitrogens is 2. The van der Waals surface area contributed by atoms with Gasteiger partial charge < -0.3 is 24.3 Å². The van der Waals surface area contributed by atoms with Gasteiger partial charge in [-0.25, -0.2) is 0 Å². The third-order valence-electron chi connectivity index (χ3n) is 4.71. The standard InChI is InChI=1S/C18H21N3O5/c22-21(23)16-12-20-11-15(25-17-8-4-5-9-24-17)14(26-18(20)19-16)10-13-6-2-1-3-7-13/h1-3,6-7,12,14-15,17H,4-5,8-11H2/t14-,15-,17?/m1/s1. The van der Waals surface area contributed by atoms with E-state index in [-0.39, 0.29) is 30.3 Å². The Balaban J connectivity index is 1.55. The minimum absolute atomic E-state index is 0.215. The Morgan fingerprint density at radius 1 is 1.31 bits per heavy atom. The molecular formula is C18H21N3O5. The number of nitro groups is 1. The fraction of sp³-hybridized carbons (Fsp3) is 0.500. The lowest BCUT2D eigenvalue weighted by molar-refractivity contribution is -0.389. The molecule has 0 radical (unpaired) electrons. The zero-order chi connectivity index (χ0) is 17.9. The normalized spacial score (nSPS) is 25.3. The predicted molar refractivity (Wildman–Crippen MR) is 91.9 cm³/mol. The van der Waals surface area contributed by atoms with Crippen LogP contribution in [0, 0.1) is 10.1 Å². The molecule has 0 saturated carbocycles. The number of imidazole rings is 1. The van der Waals surface area contributed by atoms with Gasteiger partial charge in [-0.05, 0) is 29.7 Å². The zero-order valence-corrected chi connectivity index (χ0v) is 14.3. The van der Waals surface area contributed by atoms with Crippen LogP contribution in [-0.4, -0.2) is 39.6 Å². The summed E-state index contributed by atoms with van der Waals surface area (Å²) in [5, 5.41) is 11.0. The number of ether oxygens (including phenoxy) is 3. The molecule has 8 nitrogen and oxygen atoms in total. The van der Waals surface area contributed by atoms with Crippen LogP contribution in [0.5, 0.6) is 6.01 Å². The molecule has 0 bridgehead atoms. The lowest BCUT2D eigenvalue weighted by atomic mass is 10.0. The summed E-state index contributed by atoms with van der Waals surface area (Å²) in [4.78, 5) is 14.5. The second kappa shape index (κ2) is 7.43. The average molecular weight is 359 g/mol. The molecule has 3 atom stereocenters. The third kappa shape index (κ3) is 3.71. The van der Waals surface area contributed by atoms with Crippen molar-refractivity contribution < 1.29 is 19.1 Å². The summed E-state index contributed by atoms with van der Waals surface area (Å²) in [5.41, 5.74) is 1.12. The topological polar surface area (TPSA) is 88.7 Å². The molecule has 1 unspecified atom stereocenters. The first-order valence-electron chi connectivity index (χ1n) is 8.88. The van der Waals surface area contributed by atoms with Crippen LogP contribution in [0.4, 0.5) is 5.82 Å². The molecule has 0 aliphatic carbocycles. The van der Waals surface area contributed by atoms with Crippen LogP contribution in [0.3, 0.4) is 0 Å². The fourth-order valence-corrected chi connectivity index (χ4v) is 3.38. The highest BCUT2D eigenvalue weighted by atomic mass is 16.7. The number of rotatable bonds is 5. The predicted octanol–water partition coefficient (Wildman–Crippen LogP) is 2.71. The van der Waals surface area contributed by atoms with E-state index in [1.54, 1.807) is 4.57 Å². The van der Waals surface area contributed by atoms with Gasteiger partial charge in [-0.1, -0.05) is 30.3 Å². The Morgan fingerprint density at radius 2 is 2.15 bits per heavy atom. The minimum Gasteiger partial charge on any atom is -0.439 e. The number of fused-ring (bicyclic) bond motifs is 1. The highest BCUT2D eigenvalue weighted by Gasteiger charge is 2.37. The quantitative estimate of drug-likeness (QED) is 0.602. The van der Waals surface area contributed by atoms with E-state index in [1.807, 2.05) is 30.3 Å². The summed E-state index contributed by atoms with van der Waals surface area (Å²) in [6.07, 6.45) is 4.21. The summed E-state index contributed by atoms with van der Waals surface area (Å²) in [6, 6.07) is 10.2. The fourth-order valence-electron chi connectivity index (χ4n) is 3.38. The van der Waals surface area contributed by atoms with Crippen molar-refractivity contribution >= 4 is 5.82 Å². The van der Waals surface area contributed by atoms with E-state index in [9.17, 15) is 10.1 Å². The monoisotopic (exact) mass is 359 g/mol. The molecule has 0 amide bonds. The van der Waals surface area contributed by atoms with Gasteiger partial charge in [0.1, 0.15) is 18.4 Å². The van der Waals surface area contributed by atoms with Crippen molar-refractivity contribution in [2.24, 2.45) is 0 Å². The molecule has 1 aromatic carbocycles. The Labute approximate surface area is 150 Å². The second-order valence-corrected chi connectivity index (χ2v) is 6.61. The van der Waals surface area contributed by atoms with E-state index in [4.69, 9.17) is 14.2 Å².